The lowest BCUT2D eigenvalue weighted by atomic mass is 10.1. The van der Waals surface area contributed by atoms with Gasteiger partial charge in [0.05, 0.1) is 22.5 Å². The molecule has 8 nitrogen and oxygen atoms in total. The quantitative estimate of drug-likeness (QED) is 0.462. The number of rotatable bonds is 5. The van der Waals surface area contributed by atoms with E-state index in [1.165, 1.54) is 19.2 Å². The van der Waals surface area contributed by atoms with Crippen LogP contribution in [0.4, 0.5) is 24.5 Å². The second kappa shape index (κ2) is 7.39. The summed E-state index contributed by atoms with van der Waals surface area (Å²) < 4.78 is 42.4. The van der Waals surface area contributed by atoms with Crippen LogP contribution in [0.15, 0.2) is 30.3 Å². The normalized spacial score (nSPS) is 10.9. The van der Waals surface area contributed by atoms with Crippen molar-refractivity contribution >= 4 is 34.6 Å². The van der Waals surface area contributed by atoms with Gasteiger partial charge >= 0.3 is 12.1 Å². The second-order valence-electron chi connectivity index (χ2n) is 4.72. The molecule has 2 N–H and O–H groups in total. The van der Waals surface area contributed by atoms with E-state index in [9.17, 15) is 32.9 Å². The highest BCUT2D eigenvalue weighted by molar-refractivity contribution is 7.15. The molecule has 0 atom stereocenters. The van der Waals surface area contributed by atoms with Gasteiger partial charge < -0.3 is 4.74 Å². The van der Waals surface area contributed by atoms with E-state index < -0.39 is 34.2 Å². The molecule has 0 saturated heterocycles. The number of nitro benzene ring substituents is 1. The van der Waals surface area contributed by atoms with Crippen molar-refractivity contribution in [2.24, 2.45) is 0 Å². The van der Waals surface area contributed by atoms with Gasteiger partial charge in [-0.05, 0) is 24.3 Å². The standard InChI is InChI=1S/C14H10F3N3O5S/c1-25-13(22)11-5-4-10(26-11)12(21)19-18-8-3-2-7(14(15,16)17)6-9(8)20(23)24/h2-6,18H,1H3,(H,19,21). The number of hydrogen-bond donors (Lipinski definition) is 2. The number of hydrogen-bond acceptors (Lipinski definition) is 7. The molecule has 138 valence electrons. The van der Waals surface area contributed by atoms with Gasteiger partial charge in [0, 0.05) is 6.07 Å². The SMILES string of the molecule is COC(=O)c1ccc(C(=O)NNc2ccc(C(F)(F)F)cc2[N+](=O)[O-])s1. The third-order valence-electron chi connectivity index (χ3n) is 3.05. The fourth-order valence-electron chi connectivity index (χ4n) is 1.82. The van der Waals surface area contributed by atoms with Crippen molar-refractivity contribution in [3.63, 3.8) is 0 Å². The monoisotopic (exact) mass is 389 g/mol. The molecule has 1 aromatic carbocycles. The van der Waals surface area contributed by atoms with Crippen molar-refractivity contribution < 1.29 is 32.4 Å². The predicted molar refractivity (Wildman–Crippen MR) is 84.8 cm³/mol. The number of benzene rings is 1. The number of anilines is 1. The van der Waals surface area contributed by atoms with Crippen molar-refractivity contribution in [3.05, 3.63) is 55.8 Å². The summed E-state index contributed by atoms with van der Waals surface area (Å²) in [6.45, 7) is 0. The largest absolute Gasteiger partial charge is 0.465 e. The summed E-state index contributed by atoms with van der Waals surface area (Å²) in [5, 5.41) is 11.0. The Morgan fingerprint density at radius 3 is 2.42 bits per heavy atom. The Bertz CT molecular complexity index is 866. The number of amides is 1. The van der Waals surface area contributed by atoms with Crippen molar-refractivity contribution in [1.82, 2.24) is 5.43 Å². The minimum Gasteiger partial charge on any atom is -0.465 e. The van der Waals surface area contributed by atoms with Gasteiger partial charge in [-0.1, -0.05) is 0 Å². The van der Waals surface area contributed by atoms with Crippen LogP contribution in [0.1, 0.15) is 24.9 Å². The van der Waals surface area contributed by atoms with Gasteiger partial charge in [0.1, 0.15) is 10.6 Å². The van der Waals surface area contributed by atoms with E-state index in [2.05, 4.69) is 15.6 Å². The zero-order valence-corrected chi connectivity index (χ0v) is 13.7. The molecule has 26 heavy (non-hydrogen) atoms. The molecule has 0 fully saturated rings. The number of carbonyl (C=O) groups excluding carboxylic acids is 2. The number of nitrogens with zero attached hydrogens (tertiary/aromatic N) is 1. The highest BCUT2D eigenvalue weighted by Crippen LogP contribution is 2.34. The van der Waals surface area contributed by atoms with Crippen LogP contribution < -0.4 is 10.9 Å². The number of thiophene rings is 1. The van der Waals surface area contributed by atoms with Crippen LogP contribution in [0.3, 0.4) is 0 Å². The Morgan fingerprint density at radius 2 is 1.85 bits per heavy atom. The number of esters is 1. The summed E-state index contributed by atoms with van der Waals surface area (Å²) in [5.74, 6) is -1.38. The number of ether oxygens (including phenoxy) is 1. The average molecular weight is 389 g/mol. The Balaban J connectivity index is 2.16. The first-order valence-electron chi connectivity index (χ1n) is 6.73. The van der Waals surface area contributed by atoms with E-state index in [4.69, 9.17) is 0 Å². The maximum atomic E-state index is 12.6. The van der Waals surface area contributed by atoms with E-state index in [1.54, 1.807) is 0 Å². The van der Waals surface area contributed by atoms with Crippen LogP contribution in [0, 0.1) is 10.1 Å². The van der Waals surface area contributed by atoms with Crippen LogP contribution in [0.2, 0.25) is 0 Å². The van der Waals surface area contributed by atoms with E-state index in [1.807, 2.05) is 0 Å². The number of nitrogens with one attached hydrogen (secondary N) is 2. The van der Waals surface area contributed by atoms with Gasteiger partial charge in [-0.25, -0.2) is 4.79 Å². The summed E-state index contributed by atoms with van der Waals surface area (Å²) >= 11 is 0.816. The maximum Gasteiger partial charge on any atom is 0.416 e. The van der Waals surface area contributed by atoms with Gasteiger partial charge in [0.15, 0.2) is 0 Å². The fraction of sp³-hybridized carbons (Fsp3) is 0.143. The number of carbonyl (C=O) groups is 2. The Labute approximate surface area is 147 Å². The topological polar surface area (TPSA) is 111 Å². The molecular formula is C14H10F3N3O5S. The lowest BCUT2D eigenvalue weighted by Crippen LogP contribution is -2.29. The zero-order valence-electron chi connectivity index (χ0n) is 12.9. The van der Waals surface area contributed by atoms with Crippen LogP contribution in [-0.4, -0.2) is 23.9 Å². The third kappa shape index (κ3) is 4.27. The van der Waals surface area contributed by atoms with E-state index in [-0.39, 0.29) is 15.4 Å². The van der Waals surface area contributed by atoms with Crippen LogP contribution in [-0.2, 0) is 10.9 Å². The van der Waals surface area contributed by atoms with Gasteiger partial charge in [0.25, 0.3) is 11.6 Å². The third-order valence-corrected chi connectivity index (χ3v) is 4.11. The number of alkyl halides is 3. The summed E-state index contributed by atoms with van der Waals surface area (Å²) in [4.78, 5) is 33.5. The first kappa shape index (κ1) is 19.2. The molecule has 2 aromatic rings. The predicted octanol–water partition coefficient (Wildman–Crippen LogP) is 3.22. The molecule has 2 rings (SSSR count). The minimum absolute atomic E-state index is 0.0902. The molecule has 0 aliphatic rings. The van der Waals surface area contributed by atoms with Gasteiger partial charge in [0.2, 0.25) is 0 Å². The molecule has 1 aromatic heterocycles. The van der Waals surface area contributed by atoms with Crippen molar-refractivity contribution in [1.29, 1.82) is 0 Å². The number of halogens is 3. The Morgan fingerprint density at radius 1 is 1.19 bits per heavy atom. The molecule has 0 aliphatic carbocycles. The Hall–Kier alpha value is -3.15. The molecule has 1 amide bonds. The number of nitro groups is 1. The van der Waals surface area contributed by atoms with Gasteiger partial charge in [-0.15, -0.1) is 11.3 Å². The maximum absolute atomic E-state index is 12.6. The van der Waals surface area contributed by atoms with Crippen LogP contribution in [0.25, 0.3) is 0 Å². The number of hydrazine groups is 1. The van der Waals surface area contributed by atoms with Crippen molar-refractivity contribution in [3.8, 4) is 0 Å². The molecule has 0 spiro atoms. The molecular weight excluding hydrogens is 379 g/mol. The summed E-state index contributed by atoms with van der Waals surface area (Å²) in [5.41, 5.74) is 1.94. The smallest absolute Gasteiger partial charge is 0.416 e. The lowest BCUT2D eigenvalue weighted by Gasteiger charge is -2.11. The van der Waals surface area contributed by atoms with E-state index in [0.29, 0.717) is 12.1 Å². The van der Waals surface area contributed by atoms with Crippen molar-refractivity contribution in [2.45, 2.75) is 6.18 Å². The number of methoxy groups -OCH3 is 1. The van der Waals surface area contributed by atoms with Crippen LogP contribution >= 0.6 is 11.3 Å². The second-order valence-corrected chi connectivity index (χ2v) is 5.81. The van der Waals surface area contributed by atoms with E-state index >= 15 is 0 Å². The van der Waals surface area contributed by atoms with E-state index in [0.717, 1.165) is 17.4 Å². The molecule has 0 unspecified atom stereocenters. The summed E-state index contributed by atoms with van der Waals surface area (Å²) in [7, 11) is 1.17. The highest BCUT2D eigenvalue weighted by atomic mass is 32.1. The average Bonchev–Trinajstić information content (AvgIpc) is 3.08. The molecule has 0 bridgehead atoms. The highest BCUT2D eigenvalue weighted by Gasteiger charge is 2.33. The molecule has 0 aliphatic heterocycles. The Kier molecular flexibility index (Phi) is 5.45. The summed E-state index contributed by atoms with van der Waals surface area (Å²) in [6, 6.07) is 4.51. The summed E-state index contributed by atoms with van der Waals surface area (Å²) in [6.07, 6.45) is -4.74. The zero-order chi connectivity index (χ0) is 19.5. The van der Waals surface area contributed by atoms with Gasteiger partial charge in [-0.3, -0.25) is 25.8 Å². The lowest BCUT2D eigenvalue weighted by molar-refractivity contribution is -0.384. The molecule has 0 saturated carbocycles. The molecule has 1 heterocycles. The van der Waals surface area contributed by atoms with Crippen LogP contribution in [0.5, 0.6) is 0 Å². The first-order chi connectivity index (χ1) is 12.1. The van der Waals surface area contributed by atoms with Crippen molar-refractivity contribution in [2.75, 3.05) is 12.5 Å². The van der Waals surface area contributed by atoms with Gasteiger partial charge in [-0.2, -0.15) is 13.2 Å². The fourth-order valence-corrected chi connectivity index (χ4v) is 2.64. The molecule has 0 radical (unpaired) electrons. The minimum atomic E-state index is -4.74. The molecule has 12 heteroatoms. The first-order valence-corrected chi connectivity index (χ1v) is 7.55.